The van der Waals surface area contributed by atoms with Crippen LogP contribution in [-0.4, -0.2) is 16.2 Å². The van der Waals surface area contributed by atoms with Crippen molar-refractivity contribution in [2.45, 2.75) is 4.90 Å². The first kappa shape index (κ1) is 12.7. The van der Waals surface area contributed by atoms with Crippen LogP contribution in [0.25, 0.3) is 0 Å². The number of thioether (sulfide) groups is 1. The van der Waals surface area contributed by atoms with Crippen LogP contribution in [0.2, 0.25) is 5.28 Å². The van der Waals surface area contributed by atoms with Crippen molar-refractivity contribution in [3.05, 3.63) is 40.2 Å². The monoisotopic (exact) mass is 330 g/mol. The maximum atomic E-state index is 5.70. The maximum Gasteiger partial charge on any atom is 0.237 e. The zero-order valence-corrected chi connectivity index (χ0v) is 12.0. The molecule has 0 saturated carbocycles. The van der Waals surface area contributed by atoms with Crippen molar-refractivity contribution in [3.63, 3.8) is 0 Å². The zero-order chi connectivity index (χ0) is 12.3. The Morgan fingerprint density at radius 3 is 2.65 bits per heavy atom. The van der Waals surface area contributed by atoms with Crippen LogP contribution >= 0.6 is 39.3 Å². The largest absolute Gasteiger partial charge is 0.438 e. The quantitative estimate of drug-likeness (QED) is 0.616. The van der Waals surface area contributed by atoms with Crippen molar-refractivity contribution in [1.82, 2.24) is 9.97 Å². The van der Waals surface area contributed by atoms with Crippen LogP contribution in [0.1, 0.15) is 0 Å². The third-order valence-corrected chi connectivity index (χ3v) is 3.43. The van der Waals surface area contributed by atoms with Crippen molar-refractivity contribution in [3.8, 4) is 11.6 Å². The van der Waals surface area contributed by atoms with E-state index in [0.717, 1.165) is 0 Å². The maximum absolute atomic E-state index is 5.70. The summed E-state index contributed by atoms with van der Waals surface area (Å²) >= 11 is 10.7. The number of halogens is 2. The molecule has 0 aliphatic carbocycles. The van der Waals surface area contributed by atoms with Gasteiger partial charge >= 0.3 is 0 Å². The van der Waals surface area contributed by atoms with Gasteiger partial charge in [-0.15, -0.1) is 11.8 Å². The number of aromatic nitrogens is 2. The fourth-order valence-electron chi connectivity index (χ4n) is 1.16. The number of hydrogen-bond donors (Lipinski definition) is 0. The van der Waals surface area contributed by atoms with Crippen LogP contribution < -0.4 is 4.74 Å². The van der Waals surface area contributed by atoms with Crippen LogP contribution in [0, 0.1) is 0 Å². The number of nitrogens with zero attached hydrogens (tertiary/aromatic N) is 2. The van der Waals surface area contributed by atoms with Crippen LogP contribution in [0.3, 0.4) is 0 Å². The lowest BCUT2D eigenvalue weighted by molar-refractivity contribution is 0.458. The van der Waals surface area contributed by atoms with E-state index in [0.29, 0.717) is 16.1 Å². The van der Waals surface area contributed by atoms with Crippen molar-refractivity contribution in [2.75, 3.05) is 6.26 Å². The van der Waals surface area contributed by atoms with Gasteiger partial charge in [-0.2, -0.15) is 4.98 Å². The van der Waals surface area contributed by atoms with Crippen molar-refractivity contribution in [1.29, 1.82) is 0 Å². The molecule has 0 aliphatic rings. The highest BCUT2D eigenvalue weighted by Crippen LogP contribution is 2.28. The number of benzene rings is 1. The lowest BCUT2D eigenvalue weighted by Crippen LogP contribution is -1.91. The molecule has 0 fully saturated rings. The van der Waals surface area contributed by atoms with Crippen molar-refractivity contribution < 1.29 is 4.74 Å². The number of ether oxygens (including phenoxy) is 1. The van der Waals surface area contributed by atoms with Gasteiger partial charge in [-0.25, -0.2) is 4.98 Å². The van der Waals surface area contributed by atoms with Gasteiger partial charge in [-0.1, -0.05) is 0 Å². The van der Waals surface area contributed by atoms with E-state index < -0.39 is 0 Å². The molecule has 0 spiro atoms. The topological polar surface area (TPSA) is 35.0 Å². The molecule has 2 rings (SSSR count). The summed E-state index contributed by atoms with van der Waals surface area (Å²) in [5.41, 5.74) is 0. The average Bonchev–Trinajstić information content (AvgIpc) is 2.35. The smallest absolute Gasteiger partial charge is 0.237 e. The molecule has 0 radical (unpaired) electrons. The molecule has 3 nitrogen and oxygen atoms in total. The molecule has 2 aromatic rings. The molecular weight excluding hydrogens is 324 g/mol. The van der Waals surface area contributed by atoms with E-state index in [1.54, 1.807) is 18.0 Å². The molecule has 0 atom stereocenters. The first-order valence-electron chi connectivity index (χ1n) is 4.69. The van der Waals surface area contributed by atoms with E-state index in [1.165, 1.54) is 4.90 Å². The minimum atomic E-state index is 0.156. The Balaban J connectivity index is 2.22. The highest BCUT2D eigenvalue weighted by atomic mass is 79.9. The minimum Gasteiger partial charge on any atom is -0.438 e. The number of hydrogen-bond acceptors (Lipinski definition) is 4. The molecule has 6 heteroatoms. The fourth-order valence-corrected chi connectivity index (χ4v) is 1.96. The second-order valence-corrected chi connectivity index (χ2v) is 5.14. The second kappa shape index (κ2) is 5.71. The molecule has 0 saturated heterocycles. The van der Waals surface area contributed by atoms with Gasteiger partial charge in [-0.3, -0.25) is 0 Å². The zero-order valence-electron chi connectivity index (χ0n) is 8.85. The molecule has 0 amide bonds. The average molecular weight is 332 g/mol. The second-order valence-electron chi connectivity index (χ2n) is 3.07. The normalized spacial score (nSPS) is 10.3. The molecular formula is C11H8BrClN2OS. The highest BCUT2D eigenvalue weighted by molar-refractivity contribution is 9.10. The van der Waals surface area contributed by atoms with E-state index in [2.05, 4.69) is 25.9 Å². The summed E-state index contributed by atoms with van der Waals surface area (Å²) in [5, 5.41) is 0.156. The van der Waals surface area contributed by atoms with Gasteiger partial charge in [0.2, 0.25) is 11.2 Å². The Morgan fingerprint density at radius 1 is 1.29 bits per heavy atom. The summed E-state index contributed by atoms with van der Waals surface area (Å²) < 4.78 is 6.26. The molecule has 0 bridgehead atoms. The number of rotatable bonds is 3. The van der Waals surface area contributed by atoms with Crippen LogP contribution in [0.15, 0.2) is 39.8 Å². The Bertz CT molecular complexity index is 521. The van der Waals surface area contributed by atoms with E-state index in [-0.39, 0.29) is 5.28 Å². The summed E-state index contributed by atoms with van der Waals surface area (Å²) in [7, 11) is 0. The van der Waals surface area contributed by atoms with Gasteiger partial charge in [0.15, 0.2) is 0 Å². The molecule has 0 N–H and O–H groups in total. The van der Waals surface area contributed by atoms with E-state index in [4.69, 9.17) is 16.3 Å². The van der Waals surface area contributed by atoms with Gasteiger partial charge in [-0.05, 0) is 58.1 Å². The molecule has 88 valence electrons. The summed E-state index contributed by atoms with van der Waals surface area (Å²) in [6.07, 6.45) is 3.58. The first-order valence-corrected chi connectivity index (χ1v) is 7.08. The van der Waals surface area contributed by atoms with Crippen molar-refractivity contribution in [2.24, 2.45) is 0 Å². The van der Waals surface area contributed by atoms with Gasteiger partial charge in [0, 0.05) is 11.1 Å². The van der Waals surface area contributed by atoms with Crippen LogP contribution in [0.4, 0.5) is 0 Å². The van der Waals surface area contributed by atoms with Gasteiger partial charge in [0.25, 0.3) is 0 Å². The van der Waals surface area contributed by atoms with Gasteiger partial charge < -0.3 is 4.74 Å². The summed E-state index contributed by atoms with van der Waals surface area (Å²) in [5.74, 6) is 1.11. The third-order valence-electron chi connectivity index (χ3n) is 1.96. The van der Waals surface area contributed by atoms with Gasteiger partial charge in [0.1, 0.15) is 5.75 Å². The molecule has 17 heavy (non-hydrogen) atoms. The SMILES string of the molecule is CSc1ccc(Oc2nc(Cl)ncc2Br)cc1. The van der Waals surface area contributed by atoms with Crippen molar-refractivity contribution >= 4 is 39.3 Å². The van der Waals surface area contributed by atoms with E-state index in [9.17, 15) is 0 Å². The lowest BCUT2D eigenvalue weighted by atomic mass is 10.3. The first-order chi connectivity index (χ1) is 8.19. The predicted molar refractivity (Wildman–Crippen MR) is 73.0 cm³/mol. The van der Waals surface area contributed by atoms with Gasteiger partial charge in [0.05, 0.1) is 4.47 Å². The predicted octanol–water partition coefficient (Wildman–Crippen LogP) is 4.41. The molecule has 0 aliphatic heterocycles. The van der Waals surface area contributed by atoms with Crippen LogP contribution in [-0.2, 0) is 0 Å². The van der Waals surface area contributed by atoms with E-state index in [1.807, 2.05) is 30.5 Å². The Hall–Kier alpha value is -0.780. The Labute approximate surface area is 117 Å². The summed E-state index contributed by atoms with van der Waals surface area (Å²) in [6, 6.07) is 7.73. The highest BCUT2D eigenvalue weighted by Gasteiger charge is 2.06. The fraction of sp³-hybridized carbons (Fsp3) is 0.0909. The molecule has 1 aromatic carbocycles. The standard InChI is InChI=1S/C11H8BrClN2OS/c1-17-8-4-2-7(3-5-8)16-10-9(12)6-14-11(13)15-10/h2-6H,1H3. The summed E-state index contributed by atoms with van der Waals surface area (Å²) in [6.45, 7) is 0. The summed E-state index contributed by atoms with van der Waals surface area (Å²) in [4.78, 5) is 9.00. The Kier molecular flexibility index (Phi) is 4.25. The molecule has 0 unspecified atom stereocenters. The van der Waals surface area contributed by atoms with Crippen LogP contribution in [0.5, 0.6) is 11.6 Å². The third kappa shape index (κ3) is 3.34. The minimum absolute atomic E-state index is 0.156. The molecule has 1 heterocycles. The molecule has 1 aromatic heterocycles. The van der Waals surface area contributed by atoms with E-state index >= 15 is 0 Å². The Morgan fingerprint density at radius 2 is 2.00 bits per heavy atom. The lowest BCUT2D eigenvalue weighted by Gasteiger charge is -2.06.